The number of carbonyl (C=O) groups excluding carboxylic acids is 1. The van der Waals surface area contributed by atoms with Crippen molar-refractivity contribution in [1.29, 1.82) is 0 Å². The van der Waals surface area contributed by atoms with Crippen molar-refractivity contribution < 1.29 is 18.7 Å². The van der Waals surface area contributed by atoms with Crippen LogP contribution in [-0.4, -0.2) is 67.9 Å². The highest BCUT2D eigenvalue weighted by Crippen LogP contribution is 2.26. The van der Waals surface area contributed by atoms with E-state index in [2.05, 4.69) is 4.98 Å². The molecule has 0 N–H and O–H groups in total. The fraction of sp³-hybridized carbons (Fsp3) is 0.500. The minimum absolute atomic E-state index is 0.00200. The van der Waals surface area contributed by atoms with Crippen LogP contribution >= 0.6 is 11.6 Å². The summed E-state index contributed by atoms with van der Waals surface area (Å²) < 4.78 is 16.8. The molecule has 2 aliphatic heterocycles. The molecular formula is C16H18ClN3O4. The quantitative estimate of drug-likeness (QED) is 0.817. The third-order valence-corrected chi connectivity index (χ3v) is 4.51. The van der Waals surface area contributed by atoms with E-state index in [-0.39, 0.29) is 5.91 Å². The molecule has 4 rings (SSSR count). The molecule has 1 atom stereocenters. The molecule has 1 amide bonds. The summed E-state index contributed by atoms with van der Waals surface area (Å²) in [5.74, 6) is 0.00200. The van der Waals surface area contributed by atoms with Gasteiger partial charge in [0.15, 0.2) is 11.7 Å². The average Bonchev–Trinajstić information content (AvgIpc) is 3.05. The lowest BCUT2D eigenvalue weighted by molar-refractivity contribution is -0.148. The van der Waals surface area contributed by atoms with Crippen molar-refractivity contribution in [3.63, 3.8) is 0 Å². The molecular weight excluding hydrogens is 334 g/mol. The molecule has 0 radical (unpaired) electrons. The summed E-state index contributed by atoms with van der Waals surface area (Å²) in [4.78, 5) is 20.8. The average molecular weight is 352 g/mol. The normalized spacial score (nSPS) is 22.1. The Balaban J connectivity index is 1.50. The Morgan fingerprint density at radius 3 is 2.88 bits per heavy atom. The Kier molecular flexibility index (Phi) is 4.30. The molecule has 1 aromatic heterocycles. The molecule has 2 aliphatic rings. The van der Waals surface area contributed by atoms with Crippen LogP contribution in [0.15, 0.2) is 22.6 Å². The summed E-state index contributed by atoms with van der Waals surface area (Å²) in [5.41, 5.74) is 1.39. The van der Waals surface area contributed by atoms with E-state index >= 15 is 0 Å². The number of hydrogen-bond donors (Lipinski definition) is 0. The topological polar surface area (TPSA) is 68.0 Å². The Bertz CT molecular complexity index is 744. The minimum atomic E-state index is -0.504. The van der Waals surface area contributed by atoms with Gasteiger partial charge in [-0.2, -0.15) is 4.98 Å². The smallest absolute Gasteiger partial charge is 0.298 e. The van der Waals surface area contributed by atoms with Crippen molar-refractivity contribution in [3.8, 4) is 0 Å². The highest BCUT2D eigenvalue weighted by Gasteiger charge is 2.32. The maximum Gasteiger partial charge on any atom is 0.298 e. The lowest BCUT2D eigenvalue weighted by Gasteiger charge is -2.35. The molecule has 7 nitrogen and oxygen atoms in total. The van der Waals surface area contributed by atoms with E-state index in [0.717, 1.165) is 5.52 Å². The highest BCUT2D eigenvalue weighted by atomic mass is 35.5. The second-order valence-corrected chi connectivity index (χ2v) is 6.29. The van der Waals surface area contributed by atoms with Crippen LogP contribution in [0.2, 0.25) is 5.02 Å². The van der Waals surface area contributed by atoms with Crippen LogP contribution in [0.1, 0.15) is 0 Å². The number of ether oxygens (including phenoxy) is 2. The monoisotopic (exact) mass is 351 g/mol. The first-order valence-electron chi connectivity index (χ1n) is 8.00. The van der Waals surface area contributed by atoms with E-state index in [1.165, 1.54) is 0 Å². The number of rotatable bonds is 2. The molecule has 2 saturated heterocycles. The fourth-order valence-corrected chi connectivity index (χ4v) is 3.14. The Morgan fingerprint density at radius 1 is 1.21 bits per heavy atom. The number of fused-ring (bicyclic) bond motifs is 1. The van der Waals surface area contributed by atoms with Gasteiger partial charge in [-0.05, 0) is 12.1 Å². The minimum Gasteiger partial charge on any atom is -0.423 e. The molecule has 0 bridgehead atoms. The maximum atomic E-state index is 12.6. The summed E-state index contributed by atoms with van der Waals surface area (Å²) in [7, 11) is 0. The number of amides is 1. The van der Waals surface area contributed by atoms with E-state index in [0.29, 0.717) is 62.6 Å². The number of nitrogens with zero attached hydrogens (tertiary/aromatic N) is 3. The van der Waals surface area contributed by atoms with Crippen LogP contribution in [0.4, 0.5) is 6.01 Å². The summed E-state index contributed by atoms with van der Waals surface area (Å²) in [6.45, 7) is 3.90. The third-order valence-electron chi connectivity index (χ3n) is 4.27. The van der Waals surface area contributed by atoms with Gasteiger partial charge in [0.1, 0.15) is 5.52 Å². The second-order valence-electron chi connectivity index (χ2n) is 5.85. The zero-order chi connectivity index (χ0) is 16.5. The molecule has 128 valence electrons. The molecule has 2 aromatic rings. The Morgan fingerprint density at radius 2 is 2.04 bits per heavy atom. The van der Waals surface area contributed by atoms with Crippen molar-refractivity contribution in [2.75, 3.05) is 50.9 Å². The van der Waals surface area contributed by atoms with Gasteiger partial charge < -0.3 is 23.7 Å². The van der Waals surface area contributed by atoms with Gasteiger partial charge in [0.05, 0.1) is 26.4 Å². The molecule has 0 saturated carbocycles. The zero-order valence-electron chi connectivity index (χ0n) is 13.1. The summed E-state index contributed by atoms with van der Waals surface area (Å²) in [5, 5.41) is 0.604. The standard InChI is InChI=1S/C16H18ClN3O4/c17-11-1-2-12-13(9-11)24-16(18-12)20-5-8-23-14(10-20)15(21)19-3-6-22-7-4-19/h1-2,9,14H,3-8,10H2. The van der Waals surface area contributed by atoms with E-state index in [4.69, 9.17) is 25.5 Å². The third kappa shape index (κ3) is 3.07. The lowest BCUT2D eigenvalue weighted by atomic mass is 10.2. The van der Waals surface area contributed by atoms with Crippen LogP contribution in [0.3, 0.4) is 0 Å². The van der Waals surface area contributed by atoms with Gasteiger partial charge in [0.2, 0.25) is 0 Å². The largest absolute Gasteiger partial charge is 0.423 e. The number of oxazole rings is 1. The van der Waals surface area contributed by atoms with Crippen LogP contribution < -0.4 is 4.90 Å². The van der Waals surface area contributed by atoms with Crippen LogP contribution in [0.5, 0.6) is 0 Å². The first-order valence-corrected chi connectivity index (χ1v) is 8.38. The van der Waals surface area contributed by atoms with Gasteiger partial charge in [-0.25, -0.2) is 0 Å². The first kappa shape index (κ1) is 15.7. The summed E-state index contributed by atoms with van der Waals surface area (Å²) >= 11 is 5.98. The summed E-state index contributed by atoms with van der Waals surface area (Å²) in [6.07, 6.45) is -0.504. The van der Waals surface area contributed by atoms with E-state index in [9.17, 15) is 4.79 Å². The van der Waals surface area contributed by atoms with Crippen molar-refractivity contribution in [1.82, 2.24) is 9.88 Å². The van der Waals surface area contributed by atoms with Gasteiger partial charge in [0.25, 0.3) is 11.9 Å². The number of benzene rings is 1. The molecule has 24 heavy (non-hydrogen) atoms. The van der Waals surface area contributed by atoms with Crippen molar-refractivity contribution in [2.24, 2.45) is 0 Å². The van der Waals surface area contributed by atoms with Gasteiger partial charge in [-0.15, -0.1) is 0 Å². The molecule has 3 heterocycles. The van der Waals surface area contributed by atoms with Crippen LogP contribution in [0, 0.1) is 0 Å². The van der Waals surface area contributed by atoms with E-state index in [1.54, 1.807) is 17.0 Å². The SMILES string of the molecule is O=C(C1CN(c2nc3ccc(Cl)cc3o2)CCO1)N1CCOCC1. The van der Waals surface area contributed by atoms with Gasteiger partial charge in [0, 0.05) is 30.7 Å². The van der Waals surface area contributed by atoms with E-state index in [1.807, 2.05) is 11.0 Å². The summed E-state index contributed by atoms with van der Waals surface area (Å²) in [6, 6.07) is 5.83. The number of morpholine rings is 2. The lowest BCUT2D eigenvalue weighted by Crippen LogP contribution is -2.53. The Hall–Kier alpha value is -1.83. The van der Waals surface area contributed by atoms with Crippen molar-refractivity contribution in [2.45, 2.75) is 6.10 Å². The molecule has 0 spiro atoms. The molecule has 0 aliphatic carbocycles. The molecule has 8 heteroatoms. The van der Waals surface area contributed by atoms with Gasteiger partial charge in [-0.3, -0.25) is 4.79 Å². The number of halogens is 1. The van der Waals surface area contributed by atoms with E-state index < -0.39 is 6.10 Å². The molecule has 2 fully saturated rings. The fourth-order valence-electron chi connectivity index (χ4n) is 2.98. The van der Waals surface area contributed by atoms with Crippen LogP contribution in [0.25, 0.3) is 11.1 Å². The Labute approximate surface area is 144 Å². The van der Waals surface area contributed by atoms with Crippen molar-refractivity contribution >= 4 is 34.6 Å². The molecule has 1 unspecified atom stereocenters. The second kappa shape index (κ2) is 6.58. The predicted octanol–water partition coefficient (Wildman–Crippen LogP) is 1.55. The number of carbonyl (C=O) groups is 1. The van der Waals surface area contributed by atoms with Crippen molar-refractivity contribution in [3.05, 3.63) is 23.2 Å². The molecule has 1 aromatic carbocycles. The highest BCUT2D eigenvalue weighted by molar-refractivity contribution is 6.31. The maximum absolute atomic E-state index is 12.6. The number of hydrogen-bond acceptors (Lipinski definition) is 6. The number of anilines is 1. The predicted molar refractivity (Wildman–Crippen MR) is 88.4 cm³/mol. The van der Waals surface area contributed by atoms with Gasteiger partial charge in [-0.1, -0.05) is 11.6 Å². The zero-order valence-corrected chi connectivity index (χ0v) is 13.9. The van der Waals surface area contributed by atoms with Gasteiger partial charge >= 0.3 is 0 Å². The van der Waals surface area contributed by atoms with Crippen LogP contribution in [-0.2, 0) is 14.3 Å². The first-order chi connectivity index (χ1) is 11.7. The number of aromatic nitrogens is 1.